The van der Waals surface area contributed by atoms with E-state index < -0.39 is 0 Å². The molecule has 37 heavy (non-hydrogen) atoms. The largest absolute Gasteiger partial charge is 0.496 e. The van der Waals surface area contributed by atoms with Crippen LogP contribution in [0.25, 0.3) is 16.8 Å². The molecule has 0 N–H and O–H groups in total. The van der Waals surface area contributed by atoms with E-state index in [1.807, 2.05) is 12.1 Å². The highest BCUT2D eigenvalue weighted by molar-refractivity contribution is 5.82. The number of rotatable bonds is 10. The molecule has 3 heterocycles. The van der Waals surface area contributed by atoms with Crippen LogP contribution in [0.3, 0.4) is 0 Å². The first-order valence-electron chi connectivity index (χ1n) is 13.7. The summed E-state index contributed by atoms with van der Waals surface area (Å²) in [4.78, 5) is 0. The van der Waals surface area contributed by atoms with Crippen molar-refractivity contribution in [2.45, 2.75) is 58.1 Å². The van der Waals surface area contributed by atoms with Crippen LogP contribution in [0.15, 0.2) is 30.3 Å². The van der Waals surface area contributed by atoms with Crippen molar-refractivity contribution in [3.63, 3.8) is 0 Å². The van der Waals surface area contributed by atoms with Crippen molar-refractivity contribution in [1.82, 2.24) is 14.1 Å². The fourth-order valence-electron chi connectivity index (χ4n) is 6.45. The molecule has 5 rings (SSSR count). The van der Waals surface area contributed by atoms with Crippen molar-refractivity contribution in [2.75, 3.05) is 48.1 Å². The number of ether oxygens (including phenoxy) is 4. The second-order valence-electron chi connectivity index (χ2n) is 10.8. The molecule has 1 unspecified atom stereocenters. The van der Waals surface area contributed by atoms with Gasteiger partial charge < -0.3 is 18.9 Å². The highest BCUT2D eigenvalue weighted by atomic mass is 16.5. The summed E-state index contributed by atoms with van der Waals surface area (Å²) in [7, 11) is 7.57. The van der Waals surface area contributed by atoms with Crippen molar-refractivity contribution in [3.05, 3.63) is 41.6 Å². The van der Waals surface area contributed by atoms with Gasteiger partial charge in [-0.05, 0) is 49.1 Å². The van der Waals surface area contributed by atoms with Gasteiger partial charge in [-0.25, -0.2) is 4.52 Å². The molecule has 1 atom stereocenters. The normalized spacial score (nSPS) is 18.5. The Bertz CT molecular complexity index is 1200. The van der Waals surface area contributed by atoms with Crippen molar-refractivity contribution < 1.29 is 18.9 Å². The number of quaternary nitrogens is 1. The van der Waals surface area contributed by atoms with Gasteiger partial charge in [0, 0.05) is 25.9 Å². The summed E-state index contributed by atoms with van der Waals surface area (Å²) in [6, 6.07) is 11.1. The van der Waals surface area contributed by atoms with Gasteiger partial charge in [-0.15, -0.1) is 0 Å². The minimum absolute atomic E-state index is 0.491. The first-order chi connectivity index (χ1) is 18.0. The number of aryl methyl sites for hydroxylation is 1. The summed E-state index contributed by atoms with van der Waals surface area (Å²) >= 11 is 0. The molecular weight excluding hydrogens is 466 g/mol. The van der Waals surface area contributed by atoms with E-state index in [0.717, 1.165) is 71.2 Å². The van der Waals surface area contributed by atoms with Crippen LogP contribution in [0.2, 0.25) is 0 Å². The van der Waals surface area contributed by atoms with Crippen LogP contribution in [-0.4, -0.2) is 63.8 Å². The standard InChI is InChI=1S/C30H42N3O4/c1-6-24-30(33(2,19-21-9-7-10-21)23-13-15-37-16-14-23)26-12-8-11-25(32(26)31-24)29-27(35-4)17-22(20-34-3)18-28(29)36-5/h8,11-12,17-18,21,23H,6-7,9-10,13-16,19-20H2,1-5H3/q+1. The monoisotopic (exact) mass is 508 g/mol. The summed E-state index contributed by atoms with van der Waals surface area (Å²) in [5, 5.41) is 5.26. The molecule has 0 amide bonds. The average Bonchev–Trinajstić information content (AvgIpc) is 3.30. The second-order valence-corrected chi connectivity index (χ2v) is 10.8. The Balaban J connectivity index is 1.71. The molecule has 0 bridgehead atoms. The molecule has 200 valence electrons. The summed E-state index contributed by atoms with van der Waals surface area (Å²) < 4.78 is 26.0. The molecule has 7 heteroatoms. The lowest BCUT2D eigenvalue weighted by molar-refractivity contribution is 0.0357. The minimum atomic E-state index is 0.491. The topological polar surface area (TPSA) is 54.2 Å². The molecule has 0 spiro atoms. The van der Waals surface area contributed by atoms with Gasteiger partial charge in [0.2, 0.25) is 0 Å². The highest BCUT2D eigenvalue weighted by Gasteiger charge is 2.43. The van der Waals surface area contributed by atoms with Crippen LogP contribution in [-0.2, 0) is 22.5 Å². The summed E-state index contributed by atoms with van der Waals surface area (Å²) in [6.45, 7) is 5.57. The third kappa shape index (κ3) is 4.73. The quantitative estimate of drug-likeness (QED) is 0.332. The summed E-state index contributed by atoms with van der Waals surface area (Å²) in [5.74, 6) is 2.29. The van der Waals surface area contributed by atoms with E-state index in [0.29, 0.717) is 12.6 Å². The number of hydrogen-bond donors (Lipinski definition) is 0. The number of hydrogen-bond acceptors (Lipinski definition) is 5. The van der Waals surface area contributed by atoms with Crippen LogP contribution in [0.5, 0.6) is 11.5 Å². The SMILES string of the molecule is CCc1nn2c(-c3c(OC)cc(COC)cc3OC)cccc2c1[N+](C)(CC1CCC1)C1CCOCC1. The number of benzene rings is 1. The first kappa shape index (κ1) is 26.0. The maximum absolute atomic E-state index is 5.88. The zero-order valence-electron chi connectivity index (χ0n) is 23.1. The molecule has 1 saturated heterocycles. The Kier molecular flexibility index (Phi) is 7.75. The van der Waals surface area contributed by atoms with E-state index in [4.69, 9.17) is 24.0 Å². The van der Waals surface area contributed by atoms with Gasteiger partial charge in [0.15, 0.2) is 5.69 Å². The predicted molar refractivity (Wildman–Crippen MR) is 148 cm³/mol. The highest BCUT2D eigenvalue weighted by Crippen LogP contribution is 2.44. The van der Waals surface area contributed by atoms with E-state index in [-0.39, 0.29) is 0 Å². The van der Waals surface area contributed by atoms with Crippen LogP contribution in [0.4, 0.5) is 5.69 Å². The fourth-order valence-corrected chi connectivity index (χ4v) is 6.45. The zero-order chi connectivity index (χ0) is 26.0. The van der Waals surface area contributed by atoms with Crippen LogP contribution >= 0.6 is 0 Å². The smallest absolute Gasteiger partial charge is 0.182 e. The molecule has 2 aliphatic rings. The lowest BCUT2D eigenvalue weighted by Crippen LogP contribution is -2.58. The molecule has 1 saturated carbocycles. The Morgan fingerprint density at radius 2 is 1.73 bits per heavy atom. The van der Waals surface area contributed by atoms with Crippen LogP contribution < -0.4 is 14.0 Å². The maximum atomic E-state index is 5.88. The molecule has 1 aliphatic heterocycles. The molecule has 7 nitrogen and oxygen atoms in total. The molecule has 0 radical (unpaired) electrons. The molecule has 1 aliphatic carbocycles. The molecule has 2 aromatic heterocycles. The second kappa shape index (κ2) is 11.0. The van der Waals surface area contributed by atoms with Gasteiger partial charge in [0.05, 0.1) is 64.9 Å². The van der Waals surface area contributed by atoms with Crippen molar-refractivity contribution in [3.8, 4) is 22.8 Å². The van der Waals surface area contributed by atoms with E-state index in [2.05, 4.69) is 36.7 Å². The Labute approximate surface area is 220 Å². The van der Waals surface area contributed by atoms with Crippen molar-refractivity contribution in [1.29, 1.82) is 0 Å². The summed E-state index contributed by atoms with van der Waals surface area (Å²) in [6.07, 6.45) is 7.10. The van der Waals surface area contributed by atoms with Gasteiger partial charge in [-0.1, -0.05) is 19.4 Å². The Morgan fingerprint density at radius 1 is 1.03 bits per heavy atom. The van der Waals surface area contributed by atoms with Crippen LogP contribution in [0.1, 0.15) is 50.3 Å². The van der Waals surface area contributed by atoms with E-state index >= 15 is 0 Å². The number of fused-ring (bicyclic) bond motifs is 1. The van der Waals surface area contributed by atoms with Crippen molar-refractivity contribution in [2.24, 2.45) is 5.92 Å². The van der Waals surface area contributed by atoms with Gasteiger partial charge in [0.25, 0.3) is 0 Å². The molecule has 2 fully saturated rings. The zero-order valence-corrected chi connectivity index (χ0v) is 23.1. The Hall–Kier alpha value is -2.61. The van der Waals surface area contributed by atoms with Gasteiger partial charge in [-0.3, -0.25) is 4.48 Å². The minimum Gasteiger partial charge on any atom is -0.496 e. The number of methoxy groups -OCH3 is 3. The third-order valence-electron chi connectivity index (χ3n) is 8.54. The van der Waals surface area contributed by atoms with E-state index in [9.17, 15) is 0 Å². The molecular formula is C30H42N3O4+. The summed E-state index contributed by atoms with van der Waals surface area (Å²) in [5.41, 5.74) is 6.61. The van der Waals surface area contributed by atoms with E-state index in [1.54, 1.807) is 21.3 Å². The van der Waals surface area contributed by atoms with Gasteiger partial charge in [0.1, 0.15) is 22.7 Å². The lowest BCUT2D eigenvalue weighted by Gasteiger charge is -2.46. The van der Waals surface area contributed by atoms with Crippen molar-refractivity contribution >= 4 is 11.2 Å². The van der Waals surface area contributed by atoms with Gasteiger partial charge in [-0.2, -0.15) is 5.10 Å². The predicted octanol–water partition coefficient (Wildman–Crippen LogP) is 5.64. The fraction of sp³-hybridized carbons (Fsp3) is 0.567. The third-order valence-corrected chi connectivity index (χ3v) is 8.54. The van der Waals surface area contributed by atoms with E-state index in [1.165, 1.54) is 42.7 Å². The first-order valence-corrected chi connectivity index (χ1v) is 13.7. The lowest BCUT2D eigenvalue weighted by atomic mass is 9.83. The maximum Gasteiger partial charge on any atom is 0.182 e. The molecule has 1 aromatic carbocycles. The molecule has 3 aromatic rings. The average molecular weight is 509 g/mol. The van der Waals surface area contributed by atoms with Crippen LogP contribution in [0, 0.1) is 5.92 Å². The Morgan fingerprint density at radius 3 is 2.30 bits per heavy atom. The number of aromatic nitrogens is 2. The number of pyridine rings is 1. The van der Waals surface area contributed by atoms with Gasteiger partial charge >= 0.3 is 0 Å². The number of nitrogens with zero attached hydrogens (tertiary/aromatic N) is 3.